The average molecular weight is 655 g/mol. The van der Waals surface area contributed by atoms with Crippen LogP contribution in [0.4, 0.5) is 17.1 Å². The lowest BCUT2D eigenvalue weighted by Gasteiger charge is -2.27. The maximum atomic E-state index is 7.04. The fourth-order valence-electron chi connectivity index (χ4n) is 7.23. The van der Waals surface area contributed by atoms with Crippen LogP contribution in [0.5, 0.6) is 0 Å². The predicted octanol–water partition coefficient (Wildman–Crippen LogP) is 13.4. The van der Waals surface area contributed by atoms with Gasteiger partial charge in [0.05, 0.1) is 11.3 Å². The third kappa shape index (κ3) is 4.96. The van der Waals surface area contributed by atoms with Crippen molar-refractivity contribution in [1.29, 1.82) is 0 Å². The number of para-hydroxylation sites is 3. The minimum absolute atomic E-state index is 0.539. The van der Waals surface area contributed by atoms with Crippen molar-refractivity contribution >= 4 is 60.9 Å². The number of aromatic nitrogens is 1. The van der Waals surface area contributed by atoms with Crippen molar-refractivity contribution in [2.24, 2.45) is 0 Å². The van der Waals surface area contributed by atoms with Crippen LogP contribution in [-0.4, -0.2) is 4.98 Å². The SMILES string of the molecule is c1ccc(-c2ccc(N(c3ccc(-c4ccccc4)cc3)c3c4ccccc4cc4c3oc3c(-c5nc6ccccc6o5)cccc34)cc2)cc1. The van der Waals surface area contributed by atoms with E-state index >= 15 is 0 Å². The lowest BCUT2D eigenvalue weighted by Crippen LogP contribution is -2.11. The van der Waals surface area contributed by atoms with E-state index in [2.05, 4.69) is 144 Å². The fraction of sp³-hybridized carbons (Fsp3) is 0. The maximum Gasteiger partial charge on any atom is 0.231 e. The van der Waals surface area contributed by atoms with Gasteiger partial charge in [-0.3, -0.25) is 0 Å². The summed E-state index contributed by atoms with van der Waals surface area (Å²) in [5.41, 5.74) is 11.6. The molecule has 0 saturated carbocycles. The first-order chi connectivity index (χ1) is 25.3. The summed E-state index contributed by atoms with van der Waals surface area (Å²) in [6, 6.07) is 63.4. The van der Waals surface area contributed by atoms with E-state index in [0.29, 0.717) is 5.89 Å². The van der Waals surface area contributed by atoms with Crippen LogP contribution in [0.15, 0.2) is 191 Å². The molecule has 0 aliphatic rings. The maximum absolute atomic E-state index is 7.04. The van der Waals surface area contributed by atoms with Crippen molar-refractivity contribution in [1.82, 2.24) is 4.98 Å². The molecule has 10 aromatic rings. The highest BCUT2D eigenvalue weighted by Crippen LogP contribution is 2.48. The van der Waals surface area contributed by atoms with E-state index in [1.54, 1.807) is 0 Å². The van der Waals surface area contributed by atoms with Gasteiger partial charge in [0.25, 0.3) is 0 Å². The predicted molar refractivity (Wildman–Crippen MR) is 210 cm³/mol. The Morgan fingerprint density at radius 1 is 0.412 bits per heavy atom. The van der Waals surface area contributed by atoms with Crippen LogP contribution in [0, 0.1) is 0 Å². The lowest BCUT2D eigenvalue weighted by atomic mass is 10.00. The van der Waals surface area contributed by atoms with Crippen LogP contribution in [0.2, 0.25) is 0 Å². The molecule has 240 valence electrons. The highest BCUT2D eigenvalue weighted by molar-refractivity contribution is 6.20. The van der Waals surface area contributed by atoms with Crippen LogP contribution in [-0.2, 0) is 0 Å². The first kappa shape index (κ1) is 29.0. The number of benzene rings is 8. The molecule has 0 amide bonds. The zero-order valence-corrected chi connectivity index (χ0v) is 27.5. The van der Waals surface area contributed by atoms with Crippen LogP contribution >= 0.6 is 0 Å². The summed E-state index contributed by atoms with van der Waals surface area (Å²) < 4.78 is 13.3. The van der Waals surface area contributed by atoms with Gasteiger partial charge in [0.15, 0.2) is 11.2 Å². The molecule has 10 rings (SSSR count). The van der Waals surface area contributed by atoms with E-state index < -0.39 is 0 Å². The van der Waals surface area contributed by atoms with Gasteiger partial charge in [-0.15, -0.1) is 0 Å². The average Bonchev–Trinajstić information content (AvgIpc) is 3.81. The monoisotopic (exact) mass is 654 g/mol. The van der Waals surface area contributed by atoms with Crippen LogP contribution in [0.1, 0.15) is 0 Å². The number of anilines is 3. The second-order valence-electron chi connectivity index (χ2n) is 12.8. The van der Waals surface area contributed by atoms with Crippen LogP contribution in [0.3, 0.4) is 0 Å². The second kappa shape index (κ2) is 11.9. The molecule has 0 radical (unpaired) electrons. The number of nitrogens with zero attached hydrogens (tertiary/aromatic N) is 2. The third-order valence-corrected chi connectivity index (χ3v) is 9.70. The normalized spacial score (nSPS) is 11.5. The van der Waals surface area contributed by atoms with Gasteiger partial charge in [0.1, 0.15) is 11.1 Å². The van der Waals surface area contributed by atoms with Crippen molar-refractivity contribution in [3.05, 3.63) is 182 Å². The van der Waals surface area contributed by atoms with Gasteiger partial charge in [-0.05, 0) is 76.2 Å². The summed E-state index contributed by atoms with van der Waals surface area (Å²) >= 11 is 0. The zero-order chi connectivity index (χ0) is 33.7. The molecular formula is C47H30N2O2. The number of hydrogen-bond acceptors (Lipinski definition) is 4. The molecule has 2 heterocycles. The van der Waals surface area contributed by atoms with Gasteiger partial charge < -0.3 is 13.7 Å². The third-order valence-electron chi connectivity index (χ3n) is 9.70. The van der Waals surface area contributed by atoms with E-state index in [1.165, 1.54) is 11.1 Å². The molecule has 4 nitrogen and oxygen atoms in total. The fourth-order valence-corrected chi connectivity index (χ4v) is 7.23. The largest absolute Gasteiger partial charge is 0.453 e. The number of furan rings is 1. The summed E-state index contributed by atoms with van der Waals surface area (Å²) in [7, 11) is 0. The quantitative estimate of drug-likeness (QED) is 0.179. The van der Waals surface area contributed by atoms with Crippen molar-refractivity contribution in [2.75, 3.05) is 4.90 Å². The van der Waals surface area contributed by atoms with Crippen molar-refractivity contribution in [2.45, 2.75) is 0 Å². The molecule has 0 fully saturated rings. The van der Waals surface area contributed by atoms with E-state index in [9.17, 15) is 0 Å². The van der Waals surface area contributed by atoms with Gasteiger partial charge in [-0.25, -0.2) is 4.98 Å². The second-order valence-corrected chi connectivity index (χ2v) is 12.8. The lowest BCUT2D eigenvalue weighted by molar-refractivity contribution is 0.615. The Morgan fingerprint density at radius 2 is 0.980 bits per heavy atom. The van der Waals surface area contributed by atoms with Crippen molar-refractivity contribution < 1.29 is 8.83 Å². The minimum Gasteiger partial charge on any atom is -0.453 e. The first-order valence-electron chi connectivity index (χ1n) is 17.1. The first-order valence-corrected chi connectivity index (χ1v) is 17.1. The van der Waals surface area contributed by atoms with Gasteiger partial charge in [-0.1, -0.05) is 133 Å². The molecule has 0 spiro atoms. The van der Waals surface area contributed by atoms with Gasteiger partial charge in [0.2, 0.25) is 5.89 Å². The highest BCUT2D eigenvalue weighted by Gasteiger charge is 2.25. The number of hydrogen-bond donors (Lipinski definition) is 0. The zero-order valence-electron chi connectivity index (χ0n) is 27.5. The molecule has 8 aromatic carbocycles. The van der Waals surface area contributed by atoms with Gasteiger partial charge in [-0.2, -0.15) is 0 Å². The molecule has 0 N–H and O–H groups in total. The summed E-state index contributed by atoms with van der Waals surface area (Å²) in [4.78, 5) is 7.17. The molecule has 0 bridgehead atoms. The molecule has 0 aliphatic carbocycles. The molecular weight excluding hydrogens is 625 g/mol. The van der Waals surface area contributed by atoms with E-state index in [-0.39, 0.29) is 0 Å². The standard InChI is InChI=1S/C47H30N2O2/c1-3-12-31(13-4-1)33-22-26-36(27-23-33)49(37-28-24-34(25-29-37)32-14-5-2-6-15-32)44-38-17-8-7-16-35(38)30-41-39-18-11-19-40(45(39)51-46(41)44)47-48-42-20-9-10-21-43(42)50-47/h1-30H. The van der Waals surface area contributed by atoms with E-state index in [0.717, 1.165) is 77.6 Å². The topological polar surface area (TPSA) is 42.4 Å². The number of rotatable bonds is 6. The van der Waals surface area contributed by atoms with E-state index in [4.69, 9.17) is 13.8 Å². The number of oxazole rings is 1. The van der Waals surface area contributed by atoms with Gasteiger partial charge >= 0.3 is 0 Å². The molecule has 0 unspecified atom stereocenters. The summed E-state index contributed by atoms with van der Waals surface area (Å²) in [5.74, 6) is 0.539. The Kier molecular flexibility index (Phi) is 6.78. The van der Waals surface area contributed by atoms with Crippen LogP contribution in [0.25, 0.3) is 77.5 Å². The number of fused-ring (bicyclic) bond motifs is 5. The Labute approximate surface area is 294 Å². The molecule has 0 saturated heterocycles. The Morgan fingerprint density at radius 3 is 1.65 bits per heavy atom. The van der Waals surface area contributed by atoms with Crippen molar-refractivity contribution in [3.63, 3.8) is 0 Å². The Balaban J connectivity index is 1.23. The van der Waals surface area contributed by atoms with Crippen LogP contribution < -0.4 is 4.90 Å². The summed E-state index contributed by atoms with van der Waals surface area (Å²) in [6.07, 6.45) is 0. The van der Waals surface area contributed by atoms with Gasteiger partial charge in [0, 0.05) is 27.5 Å². The molecule has 0 aliphatic heterocycles. The molecule has 0 atom stereocenters. The summed E-state index contributed by atoms with van der Waals surface area (Å²) in [5, 5.41) is 4.26. The minimum atomic E-state index is 0.539. The van der Waals surface area contributed by atoms with E-state index in [1.807, 2.05) is 42.5 Å². The Hall–Kier alpha value is -6.91. The Bertz CT molecular complexity index is 2720. The highest BCUT2D eigenvalue weighted by atomic mass is 16.4. The summed E-state index contributed by atoms with van der Waals surface area (Å²) in [6.45, 7) is 0. The molecule has 4 heteroatoms. The smallest absolute Gasteiger partial charge is 0.231 e. The molecule has 2 aromatic heterocycles. The van der Waals surface area contributed by atoms with Crippen molar-refractivity contribution in [3.8, 4) is 33.7 Å². The molecule has 51 heavy (non-hydrogen) atoms.